The second-order valence-corrected chi connectivity index (χ2v) is 8.30. The minimum absolute atomic E-state index is 0.234. The van der Waals surface area contributed by atoms with Gasteiger partial charge in [0.2, 0.25) is 0 Å². The highest BCUT2D eigenvalue weighted by atomic mass is 32.1. The first-order valence-corrected chi connectivity index (χ1v) is 11.3. The Morgan fingerprint density at radius 2 is 1.78 bits per heavy atom. The predicted molar refractivity (Wildman–Crippen MR) is 127 cm³/mol. The molecule has 0 saturated carbocycles. The molecule has 164 valence electrons. The van der Waals surface area contributed by atoms with E-state index in [1.165, 1.54) is 11.5 Å². The summed E-state index contributed by atoms with van der Waals surface area (Å²) in [5, 5.41) is 11.2. The van der Waals surface area contributed by atoms with Gasteiger partial charge in [-0.25, -0.2) is 0 Å². The average Bonchev–Trinajstić information content (AvgIpc) is 3.35. The topological polar surface area (TPSA) is 88.9 Å². The molecule has 2 N–H and O–H groups in total. The predicted octanol–water partition coefficient (Wildman–Crippen LogP) is 4.35. The van der Waals surface area contributed by atoms with E-state index in [0.717, 1.165) is 33.6 Å². The molecule has 2 heterocycles. The summed E-state index contributed by atoms with van der Waals surface area (Å²) in [6, 6.07) is 14.6. The van der Waals surface area contributed by atoms with Gasteiger partial charge in [0.05, 0.1) is 21.6 Å². The maximum absolute atomic E-state index is 12.9. The van der Waals surface area contributed by atoms with Crippen LogP contribution in [0, 0.1) is 13.8 Å². The standard InChI is InChI=1S/C24H25N5O2S/c1-4-29-16(3)17(15(2)27-29)13-14-25-23(30)18-9-5-7-11-20(18)26-24(31)22-19-10-6-8-12-21(19)32-28-22/h5-12H,4,13-14H2,1-3H3,(H,25,30)(H,26,31). The fourth-order valence-corrected chi connectivity index (χ4v) is 4.59. The largest absolute Gasteiger partial charge is 0.352 e. The zero-order chi connectivity index (χ0) is 22.7. The van der Waals surface area contributed by atoms with Crippen LogP contribution in [0.1, 0.15) is 44.7 Å². The van der Waals surface area contributed by atoms with Gasteiger partial charge in [-0.1, -0.05) is 30.3 Å². The van der Waals surface area contributed by atoms with Crippen molar-refractivity contribution in [1.29, 1.82) is 0 Å². The molecule has 2 aromatic carbocycles. The van der Waals surface area contributed by atoms with Crippen molar-refractivity contribution in [2.45, 2.75) is 33.7 Å². The maximum Gasteiger partial charge on any atom is 0.276 e. The normalized spacial score (nSPS) is 11.0. The Morgan fingerprint density at radius 1 is 1.03 bits per heavy atom. The molecule has 0 atom stereocenters. The molecule has 0 aliphatic rings. The van der Waals surface area contributed by atoms with Gasteiger partial charge in [0.25, 0.3) is 11.8 Å². The molecule has 0 aliphatic heterocycles. The van der Waals surface area contributed by atoms with Crippen molar-refractivity contribution in [3.05, 3.63) is 76.7 Å². The number of anilines is 1. The van der Waals surface area contributed by atoms with Crippen LogP contribution in [0.5, 0.6) is 0 Å². The molecular formula is C24H25N5O2S. The number of fused-ring (bicyclic) bond motifs is 1. The molecule has 4 rings (SSSR count). The van der Waals surface area contributed by atoms with Crippen LogP contribution in [0.15, 0.2) is 48.5 Å². The molecule has 0 fully saturated rings. The Balaban J connectivity index is 1.45. The van der Waals surface area contributed by atoms with E-state index in [9.17, 15) is 9.59 Å². The molecule has 0 saturated heterocycles. The van der Waals surface area contributed by atoms with Gasteiger partial charge in [-0.15, -0.1) is 0 Å². The summed E-state index contributed by atoms with van der Waals surface area (Å²) in [5.74, 6) is -0.567. The summed E-state index contributed by atoms with van der Waals surface area (Å²) in [6.45, 7) is 7.40. The Labute approximate surface area is 190 Å². The lowest BCUT2D eigenvalue weighted by atomic mass is 10.1. The Bertz CT molecular complexity index is 1290. The van der Waals surface area contributed by atoms with E-state index >= 15 is 0 Å². The number of carbonyl (C=O) groups is 2. The van der Waals surface area contributed by atoms with Crippen LogP contribution in [0.4, 0.5) is 5.69 Å². The van der Waals surface area contributed by atoms with Gasteiger partial charge in [-0.05, 0) is 62.5 Å². The van der Waals surface area contributed by atoms with E-state index < -0.39 is 0 Å². The first kappa shape index (κ1) is 21.7. The lowest BCUT2D eigenvalue weighted by molar-refractivity contribution is 0.0955. The molecular weight excluding hydrogens is 422 g/mol. The monoisotopic (exact) mass is 447 g/mol. The number of hydrogen-bond donors (Lipinski definition) is 2. The second kappa shape index (κ2) is 9.32. The number of nitrogens with zero attached hydrogens (tertiary/aromatic N) is 3. The van der Waals surface area contributed by atoms with Gasteiger partial charge in [-0.3, -0.25) is 14.3 Å². The van der Waals surface area contributed by atoms with Gasteiger partial charge >= 0.3 is 0 Å². The lowest BCUT2D eigenvalue weighted by Gasteiger charge is -2.11. The van der Waals surface area contributed by atoms with Crippen LogP contribution in [-0.2, 0) is 13.0 Å². The Morgan fingerprint density at radius 3 is 2.56 bits per heavy atom. The number of aromatic nitrogens is 3. The molecule has 0 aliphatic carbocycles. The van der Waals surface area contributed by atoms with E-state index in [0.29, 0.717) is 29.9 Å². The summed E-state index contributed by atoms with van der Waals surface area (Å²) in [6.07, 6.45) is 0.697. The molecule has 7 nitrogen and oxygen atoms in total. The third-order valence-corrected chi connectivity index (χ3v) is 6.33. The van der Waals surface area contributed by atoms with E-state index in [1.807, 2.05) is 42.8 Å². The molecule has 0 bridgehead atoms. The van der Waals surface area contributed by atoms with Crippen LogP contribution in [0.25, 0.3) is 10.1 Å². The summed E-state index contributed by atoms with van der Waals surface area (Å²) in [7, 11) is 0. The molecule has 0 spiro atoms. The van der Waals surface area contributed by atoms with E-state index in [4.69, 9.17) is 0 Å². The Hall–Kier alpha value is -3.52. The SMILES string of the molecule is CCn1nc(C)c(CCNC(=O)c2ccccc2NC(=O)c2nsc3ccccc23)c1C. The van der Waals surface area contributed by atoms with Crippen molar-refractivity contribution in [2.24, 2.45) is 0 Å². The summed E-state index contributed by atoms with van der Waals surface area (Å²) < 4.78 is 7.21. The van der Waals surface area contributed by atoms with E-state index in [2.05, 4.69) is 27.0 Å². The summed E-state index contributed by atoms with van der Waals surface area (Å²) in [5.41, 5.74) is 4.50. The minimum atomic E-state index is -0.332. The summed E-state index contributed by atoms with van der Waals surface area (Å²) in [4.78, 5) is 25.7. The first-order chi connectivity index (χ1) is 15.5. The number of aryl methyl sites for hydroxylation is 2. The molecule has 0 unspecified atom stereocenters. The average molecular weight is 448 g/mol. The highest BCUT2D eigenvalue weighted by molar-refractivity contribution is 7.13. The van der Waals surface area contributed by atoms with Crippen LogP contribution in [0.3, 0.4) is 0 Å². The van der Waals surface area contributed by atoms with Gasteiger partial charge in [-0.2, -0.15) is 9.47 Å². The molecule has 0 radical (unpaired) electrons. The lowest BCUT2D eigenvalue weighted by Crippen LogP contribution is -2.27. The van der Waals surface area contributed by atoms with Crippen molar-refractivity contribution >= 4 is 39.1 Å². The fraction of sp³-hybridized carbons (Fsp3) is 0.250. The zero-order valence-electron chi connectivity index (χ0n) is 18.3. The molecule has 2 aromatic heterocycles. The zero-order valence-corrected chi connectivity index (χ0v) is 19.1. The van der Waals surface area contributed by atoms with Crippen molar-refractivity contribution in [3.8, 4) is 0 Å². The van der Waals surface area contributed by atoms with Crippen LogP contribution in [-0.4, -0.2) is 32.5 Å². The highest BCUT2D eigenvalue weighted by Gasteiger charge is 2.18. The second-order valence-electron chi connectivity index (χ2n) is 7.50. The van der Waals surface area contributed by atoms with E-state index in [-0.39, 0.29) is 11.8 Å². The fourth-order valence-electron chi connectivity index (χ4n) is 3.82. The number of benzene rings is 2. The highest BCUT2D eigenvalue weighted by Crippen LogP contribution is 2.24. The third-order valence-electron chi connectivity index (χ3n) is 5.50. The first-order valence-electron chi connectivity index (χ1n) is 10.6. The van der Waals surface area contributed by atoms with Gasteiger partial charge in [0.1, 0.15) is 5.69 Å². The van der Waals surface area contributed by atoms with Gasteiger partial charge in [0.15, 0.2) is 0 Å². The number of carbonyl (C=O) groups excluding carboxylic acids is 2. The van der Waals surface area contributed by atoms with Crippen LogP contribution in [0.2, 0.25) is 0 Å². The van der Waals surface area contributed by atoms with E-state index in [1.54, 1.807) is 24.3 Å². The van der Waals surface area contributed by atoms with Crippen LogP contribution < -0.4 is 10.6 Å². The maximum atomic E-state index is 12.9. The van der Waals surface area contributed by atoms with Gasteiger partial charge in [0, 0.05) is 24.2 Å². The quantitative estimate of drug-likeness (QED) is 0.441. The van der Waals surface area contributed by atoms with Crippen molar-refractivity contribution in [1.82, 2.24) is 19.5 Å². The summed E-state index contributed by atoms with van der Waals surface area (Å²) >= 11 is 1.28. The van der Waals surface area contributed by atoms with Gasteiger partial charge < -0.3 is 10.6 Å². The number of hydrogen-bond acceptors (Lipinski definition) is 5. The number of rotatable bonds is 7. The molecule has 8 heteroatoms. The smallest absolute Gasteiger partial charge is 0.276 e. The number of nitrogens with one attached hydrogen (secondary N) is 2. The number of para-hydroxylation sites is 1. The van der Waals surface area contributed by atoms with Crippen LogP contribution >= 0.6 is 11.5 Å². The Kier molecular flexibility index (Phi) is 6.32. The number of amides is 2. The molecule has 2 amide bonds. The van der Waals surface area contributed by atoms with Crippen molar-refractivity contribution in [2.75, 3.05) is 11.9 Å². The molecule has 4 aromatic rings. The molecule has 32 heavy (non-hydrogen) atoms. The van der Waals surface area contributed by atoms with Crippen molar-refractivity contribution < 1.29 is 9.59 Å². The third kappa shape index (κ3) is 4.27. The van der Waals surface area contributed by atoms with Crippen molar-refractivity contribution in [3.63, 3.8) is 0 Å². The minimum Gasteiger partial charge on any atom is -0.352 e.